The first-order chi connectivity index (χ1) is 13.0. The molecule has 2 aromatic carbocycles. The van der Waals surface area contributed by atoms with E-state index < -0.39 is 18.0 Å². The van der Waals surface area contributed by atoms with Crippen LogP contribution in [0.25, 0.3) is 10.9 Å². The van der Waals surface area contributed by atoms with Crippen LogP contribution in [0.15, 0.2) is 42.5 Å². The van der Waals surface area contributed by atoms with Crippen molar-refractivity contribution in [1.29, 1.82) is 0 Å². The summed E-state index contributed by atoms with van der Waals surface area (Å²) in [5.74, 6) is 0.215. The second-order valence-corrected chi connectivity index (χ2v) is 6.28. The molecule has 2 N–H and O–H groups in total. The Kier molecular flexibility index (Phi) is 4.19. The molecule has 1 aromatic heterocycles. The molecule has 0 saturated heterocycles. The fraction of sp³-hybridized carbons (Fsp3) is 0.200. The number of aromatic amines is 1. The van der Waals surface area contributed by atoms with Crippen molar-refractivity contribution in [2.24, 2.45) is 0 Å². The highest BCUT2D eigenvalue weighted by Gasteiger charge is 2.23. The molecule has 0 saturated carbocycles. The van der Waals surface area contributed by atoms with Gasteiger partial charge in [-0.15, -0.1) is 0 Å². The molecule has 2 heterocycles. The molecule has 1 amide bonds. The van der Waals surface area contributed by atoms with Crippen molar-refractivity contribution in [1.82, 2.24) is 4.98 Å². The van der Waals surface area contributed by atoms with Crippen LogP contribution in [0.2, 0.25) is 0 Å². The Morgan fingerprint density at radius 2 is 1.93 bits per heavy atom. The van der Waals surface area contributed by atoms with Gasteiger partial charge in [-0.05, 0) is 32.0 Å². The zero-order valence-electron chi connectivity index (χ0n) is 14.9. The van der Waals surface area contributed by atoms with Crippen LogP contribution in [0.3, 0.4) is 0 Å². The normalized spacial score (nSPS) is 13.4. The molecule has 1 aliphatic rings. The Hall–Kier alpha value is -3.48. The molecule has 0 bridgehead atoms. The molecule has 0 aliphatic carbocycles. The lowest BCUT2D eigenvalue weighted by Crippen LogP contribution is -2.30. The topological polar surface area (TPSA) is 89.7 Å². The number of aromatic nitrogens is 1. The largest absolute Gasteiger partial charge is 0.454 e. The fourth-order valence-corrected chi connectivity index (χ4v) is 3.03. The second kappa shape index (κ2) is 6.68. The standard InChI is InChI=1S/C20H18N2O5/c1-11-18(14-5-3-4-6-15(14)21-11)20(24)27-12(2)19(23)22-13-7-8-16-17(9-13)26-10-25-16/h3-9,12,21H,10H2,1-2H3,(H,22,23). The number of hydrogen-bond donors (Lipinski definition) is 2. The summed E-state index contributed by atoms with van der Waals surface area (Å²) in [4.78, 5) is 28.1. The van der Waals surface area contributed by atoms with Crippen LogP contribution in [0, 0.1) is 6.92 Å². The Bertz CT molecular complexity index is 1040. The molecule has 1 atom stereocenters. The van der Waals surface area contributed by atoms with Crippen LogP contribution in [0.4, 0.5) is 5.69 Å². The summed E-state index contributed by atoms with van der Waals surface area (Å²) in [7, 11) is 0. The molecule has 7 heteroatoms. The van der Waals surface area contributed by atoms with E-state index in [1.165, 1.54) is 6.92 Å². The monoisotopic (exact) mass is 366 g/mol. The Morgan fingerprint density at radius 1 is 1.15 bits per heavy atom. The number of hydrogen-bond acceptors (Lipinski definition) is 5. The number of anilines is 1. The number of ether oxygens (including phenoxy) is 3. The van der Waals surface area contributed by atoms with Gasteiger partial charge in [-0.1, -0.05) is 18.2 Å². The number of H-pyrrole nitrogens is 1. The van der Waals surface area contributed by atoms with Crippen molar-refractivity contribution in [2.75, 3.05) is 12.1 Å². The van der Waals surface area contributed by atoms with Gasteiger partial charge in [0.25, 0.3) is 5.91 Å². The van der Waals surface area contributed by atoms with Crippen molar-refractivity contribution >= 4 is 28.5 Å². The molecule has 4 rings (SSSR count). The summed E-state index contributed by atoms with van der Waals surface area (Å²) in [6.07, 6.45) is -0.962. The maximum atomic E-state index is 12.6. The summed E-state index contributed by atoms with van der Waals surface area (Å²) >= 11 is 0. The fourth-order valence-electron chi connectivity index (χ4n) is 3.03. The van der Waals surface area contributed by atoms with E-state index in [0.29, 0.717) is 28.4 Å². The van der Waals surface area contributed by atoms with Crippen molar-refractivity contribution in [3.05, 3.63) is 53.7 Å². The van der Waals surface area contributed by atoms with Gasteiger partial charge in [0.05, 0.1) is 5.56 Å². The summed E-state index contributed by atoms with van der Waals surface area (Å²) in [5.41, 5.74) is 2.52. The molecule has 1 aliphatic heterocycles. The molecule has 3 aromatic rings. The van der Waals surface area contributed by atoms with Crippen LogP contribution in [0.5, 0.6) is 11.5 Å². The molecular weight excluding hydrogens is 348 g/mol. The van der Waals surface area contributed by atoms with Gasteiger partial charge in [0, 0.05) is 28.4 Å². The third kappa shape index (κ3) is 3.19. The maximum absolute atomic E-state index is 12.6. The van der Waals surface area contributed by atoms with Gasteiger partial charge in [-0.3, -0.25) is 4.79 Å². The summed E-state index contributed by atoms with van der Waals surface area (Å²) in [6, 6.07) is 12.5. The number of esters is 1. The molecular formula is C20H18N2O5. The Balaban J connectivity index is 1.46. The Morgan fingerprint density at radius 3 is 2.78 bits per heavy atom. The van der Waals surface area contributed by atoms with E-state index >= 15 is 0 Å². The number of aryl methyl sites for hydroxylation is 1. The number of carbonyl (C=O) groups is 2. The first-order valence-corrected chi connectivity index (χ1v) is 8.52. The number of amides is 1. The first-order valence-electron chi connectivity index (χ1n) is 8.52. The van der Waals surface area contributed by atoms with Gasteiger partial charge in [-0.2, -0.15) is 0 Å². The highest BCUT2D eigenvalue weighted by molar-refractivity contribution is 6.06. The van der Waals surface area contributed by atoms with Gasteiger partial charge in [-0.25, -0.2) is 4.79 Å². The van der Waals surface area contributed by atoms with E-state index in [9.17, 15) is 9.59 Å². The number of carbonyl (C=O) groups excluding carboxylic acids is 2. The van der Waals surface area contributed by atoms with E-state index in [0.717, 1.165) is 10.9 Å². The number of rotatable bonds is 4. The third-order valence-corrected chi connectivity index (χ3v) is 4.39. The number of nitrogens with one attached hydrogen (secondary N) is 2. The third-order valence-electron chi connectivity index (χ3n) is 4.39. The van der Waals surface area contributed by atoms with Crippen molar-refractivity contribution in [2.45, 2.75) is 20.0 Å². The molecule has 0 fully saturated rings. The maximum Gasteiger partial charge on any atom is 0.341 e. The summed E-state index contributed by atoms with van der Waals surface area (Å²) < 4.78 is 15.9. The molecule has 0 radical (unpaired) electrons. The van der Waals surface area contributed by atoms with E-state index in [4.69, 9.17) is 14.2 Å². The second-order valence-electron chi connectivity index (χ2n) is 6.28. The molecule has 27 heavy (non-hydrogen) atoms. The van der Waals surface area contributed by atoms with Crippen LogP contribution in [-0.2, 0) is 9.53 Å². The zero-order valence-corrected chi connectivity index (χ0v) is 14.9. The van der Waals surface area contributed by atoms with Gasteiger partial charge in [0.1, 0.15) is 0 Å². The minimum absolute atomic E-state index is 0.157. The van der Waals surface area contributed by atoms with Gasteiger partial charge < -0.3 is 24.5 Å². The number of benzene rings is 2. The minimum atomic E-state index is -0.962. The number of fused-ring (bicyclic) bond motifs is 2. The highest BCUT2D eigenvalue weighted by atomic mass is 16.7. The molecule has 1 unspecified atom stereocenters. The predicted octanol–water partition coefficient (Wildman–Crippen LogP) is 3.39. The van der Waals surface area contributed by atoms with E-state index in [-0.39, 0.29) is 6.79 Å². The molecule has 0 spiro atoms. The van der Waals surface area contributed by atoms with Crippen LogP contribution in [-0.4, -0.2) is 29.8 Å². The first kappa shape index (κ1) is 17.0. The zero-order chi connectivity index (χ0) is 19.0. The van der Waals surface area contributed by atoms with Crippen LogP contribution >= 0.6 is 0 Å². The lowest BCUT2D eigenvalue weighted by atomic mass is 10.1. The van der Waals surface area contributed by atoms with E-state index in [2.05, 4.69) is 10.3 Å². The Labute approximate surface area is 155 Å². The molecule has 138 valence electrons. The predicted molar refractivity (Wildman–Crippen MR) is 99.1 cm³/mol. The molecule has 7 nitrogen and oxygen atoms in total. The van der Waals surface area contributed by atoms with Gasteiger partial charge in [0.15, 0.2) is 17.6 Å². The lowest BCUT2D eigenvalue weighted by Gasteiger charge is -2.14. The van der Waals surface area contributed by atoms with Crippen molar-refractivity contribution in [3.8, 4) is 11.5 Å². The lowest BCUT2D eigenvalue weighted by molar-refractivity contribution is -0.123. The van der Waals surface area contributed by atoms with Crippen molar-refractivity contribution < 1.29 is 23.8 Å². The van der Waals surface area contributed by atoms with Crippen LogP contribution < -0.4 is 14.8 Å². The summed E-state index contributed by atoms with van der Waals surface area (Å²) in [5, 5.41) is 3.48. The smallest absolute Gasteiger partial charge is 0.341 e. The SMILES string of the molecule is Cc1[nH]c2ccccc2c1C(=O)OC(C)C(=O)Nc1ccc2c(c1)OCO2. The minimum Gasteiger partial charge on any atom is -0.454 e. The average molecular weight is 366 g/mol. The average Bonchev–Trinajstić information content (AvgIpc) is 3.24. The van der Waals surface area contributed by atoms with Crippen molar-refractivity contribution in [3.63, 3.8) is 0 Å². The van der Waals surface area contributed by atoms with E-state index in [1.807, 2.05) is 24.3 Å². The number of para-hydroxylation sites is 1. The quantitative estimate of drug-likeness (QED) is 0.691. The van der Waals surface area contributed by atoms with Gasteiger partial charge in [0.2, 0.25) is 6.79 Å². The van der Waals surface area contributed by atoms with E-state index in [1.54, 1.807) is 25.1 Å². The van der Waals surface area contributed by atoms with Gasteiger partial charge >= 0.3 is 5.97 Å². The summed E-state index contributed by atoms with van der Waals surface area (Å²) in [6.45, 7) is 3.49. The highest BCUT2D eigenvalue weighted by Crippen LogP contribution is 2.34. The van der Waals surface area contributed by atoms with Crippen LogP contribution in [0.1, 0.15) is 23.0 Å².